The van der Waals surface area contributed by atoms with Gasteiger partial charge in [0, 0.05) is 24.8 Å². The number of rotatable bonds is 12. The molecule has 3 heterocycles. The van der Waals surface area contributed by atoms with E-state index in [-0.39, 0.29) is 23.0 Å². The Morgan fingerprint density at radius 2 is 2.00 bits per heavy atom. The summed E-state index contributed by atoms with van der Waals surface area (Å²) in [4.78, 5) is 37.8. The number of H-pyrrole nitrogens is 1. The fourth-order valence-corrected chi connectivity index (χ4v) is 6.33. The van der Waals surface area contributed by atoms with Gasteiger partial charge in [-0.3, -0.25) is 9.59 Å². The molecule has 2 atom stereocenters. The minimum atomic E-state index is -0.727. The summed E-state index contributed by atoms with van der Waals surface area (Å²) in [6.07, 6.45) is 5.98. The highest BCUT2D eigenvalue weighted by Crippen LogP contribution is 2.73. The lowest BCUT2D eigenvalue weighted by atomic mass is 9.76. The Morgan fingerprint density at radius 3 is 2.74 bits per heavy atom. The van der Waals surface area contributed by atoms with Crippen molar-refractivity contribution >= 4 is 22.6 Å². The molecule has 5 rings (SSSR count). The van der Waals surface area contributed by atoms with Crippen molar-refractivity contribution < 1.29 is 19.1 Å². The summed E-state index contributed by atoms with van der Waals surface area (Å²) in [5.74, 6) is 0.778. The van der Waals surface area contributed by atoms with Gasteiger partial charge in [-0.25, -0.2) is 9.97 Å². The van der Waals surface area contributed by atoms with Gasteiger partial charge in [0.1, 0.15) is 11.6 Å². The Morgan fingerprint density at radius 1 is 1.21 bits per heavy atom. The van der Waals surface area contributed by atoms with Gasteiger partial charge >= 0.3 is 0 Å². The number of para-hydroxylation sites is 1. The van der Waals surface area contributed by atoms with Gasteiger partial charge in [0.15, 0.2) is 0 Å². The van der Waals surface area contributed by atoms with Crippen LogP contribution in [0.5, 0.6) is 5.88 Å². The zero-order valence-electron chi connectivity index (χ0n) is 22.2. The van der Waals surface area contributed by atoms with Crippen LogP contribution in [-0.2, 0) is 14.3 Å². The van der Waals surface area contributed by atoms with E-state index in [0.717, 1.165) is 54.5 Å². The zero-order valence-corrected chi connectivity index (χ0v) is 22.2. The molecular weight excluding hydrogens is 482 g/mol. The minimum absolute atomic E-state index is 0.147. The largest absolute Gasteiger partial charge is 0.480 e. The lowest BCUT2D eigenvalue weighted by Gasteiger charge is -2.32. The van der Waals surface area contributed by atoms with Crippen LogP contribution < -0.4 is 15.8 Å². The number of ether oxygens (including phenoxy) is 2. The molecular formula is C29H37N5O4. The molecule has 4 N–H and O–H groups in total. The Balaban J connectivity index is 1.46. The first kappa shape index (κ1) is 26.3. The van der Waals surface area contributed by atoms with Crippen LogP contribution in [0.1, 0.15) is 57.2 Å². The number of piperidine rings is 1. The maximum atomic E-state index is 13.1. The SMILES string of the molecule is CCC(=O)CCCOC[C@@H](c1ncc(-c2cc3ccccc3nc2OC)[nH]1)C1(C(N)=O)CC12CCNCC2. The first-order valence-electron chi connectivity index (χ1n) is 13.5. The number of ketones is 1. The van der Waals surface area contributed by atoms with Gasteiger partial charge in [0.2, 0.25) is 11.8 Å². The Hall–Kier alpha value is -3.30. The van der Waals surface area contributed by atoms with E-state index < -0.39 is 5.41 Å². The van der Waals surface area contributed by atoms with E-state index in [0.29, 0.717) is 44.2 Å². The molecule has 9 heteroatoms. The molecule has 2 aliphatic rings. The first-order valence-corrected chi connectivity index (χ1v) is 13.5. The number of methoxy groups -OCH3 is 1. The highest BCUT2D eigenvalue weighted by atomic mass is 16.5. The van der Waals surface area contributed by atoms with Crippen LogP contribution in [0, 0.1) is 10.8 Å². The van der Waals surface area contributed by atoms with Crippen LogP contribution >= 0.6 is 0 Å². The number of fused-ring (bicyclic) bond motifs is 1. The molecule has 9 nitrogen and oxygen atoms in total. The standard InChI is InChI=1S/C29H37N5O4/c1-3-20(35)8-6-14-38-17-22(29(27(30)36)18-28(29)10-12-31-13-11-28)25-32-16-24(33-25)21-15-19-7-4-5-9-23(19)34-26(21)37-2/h4-5,7,9,15-16,22,31H,3,6,8,10-14,17-18H2,1-2H3,(H2,30,36)(H,32,33)/t22-,29?/m0/s1. The predicted molar refractivity (Wildman–Crippen MR) is 145 cm³/mol. The molecule has 2 aromatic heterocycles. The third-order valence-electron chi connectivity index (χ3n) is 8.55. The number of benzene rings is 1. The summed E-state index contributed by atoms with van der Waals surface area (Å²) in [5, 5.41) is 4.40. The second kappa shape index (κ2) is 10.8. The van der Waals surface area contributed by atoms with Crippen LogP contribution in [-0.4, -0.2) is 60.1 Å². The first-order chi connectivity index (χ1) is 18.4. The zero-order chi connectivity index (χ0) is 26.8. The third kappa shape index (κ3) is 4.69. The van der Waals surface area contributed by atoms with Crippen molar-refractivity contribution in [1.29, 1.82) is 0 Å². The summed E-state index contributed by atoms with van der Waals surface area (Å²) in [7, 11) is 1.60. The fraction of sp³-hybridized carbons (Fsp3) is 0.517. The maximum Gasteiger partial charge on any atom is 0.225 e. The Bertz CT molecular complexity index is 1320. The molecule has 1 saturated carbocycles. The Kier molecular flexibility index (Phi) is 7.49. The molecule has 1 unspecified atom stereocenters. The summed E-state index contributed by atoms with van der Waals surface area (Å²) in [6.45, 7) is 4.35. The van der Waals surface area contributed by atoms with Crippen molar-refractivity contribution in [3.05, 3.63) is 42.4 Å². The number of nitrogens with zero attached hydrogens (tertiary/aromatic N) is 2. The number of carbonyl (C=O) groups is 2. The summed E-state index contributed by atoms with van der Waals surface area (Å²) >= 11 is 0. The van der Waals surface area contributed by atoms with Crippen LogP contribution in [0.15, 0.2) is 36.5 Å². The van der Waals surface area contributed by atoms with Gasteiger partial charge in [-0.2, -0.15) is 0 Å². The molecule has 1 saturated heterocycles. The number of pyridine rings is 1. The summed E-state index contributed by atoms with van der Waals surface area (Å²) in [5.41, 5.74) is 7.68. The van der Waals surface area contributed by atoms with Crippen LogP contribution in [0.4, 0.5) is 0 Å². The average Bonchev–Trinajstić information content (AvgIpc) is 3.31. The van der Waals surface area contributed by atoms with E-state index in [1.54, 1.807) is 13.3 Å². The number of amides is 1. The van der Waals surface area contributed by atoms with Crippen molar-refractivity contribution in [1.82, 2.24) is 20.3 Å². The number of aromatic nitrogens is 3. The van der Waals surface area contributed by atoms with Gasteiger partial charge in [-0.15, -0.1) is 0 Å². The quantitative estimate of drug-likeness (QED) is 0.311. The van der Waals surface area contributed by atoms with Gasteiger partial charge in [0.25, 0.3) is 0 Å². The number of aromatic amines is 1. The van der Waals surface area contributed by atoms with Crippen LogP contribution in [0.2, 0.25) is 0 Å². The monoisotopic (exact) mass is 519 g/mol. The highest BCUT2D eigenvalue weighted by molar-refractivity contribution is 5.87. The average molecular weight is 520 g/mol. The predicted octanol–water partition coefficient (Wildman–Crippen LogP) is 3.74. The molecule has 38 heavy (non-hydrogen) atoms. The van der Waals surface area contributed by atoms with E-state index >= 15 is 0 Å². The fourth-order valence-electron chi connectivity index (χ4n) is 6.33. The topological polar surface area (TPSA) is 132 Å². The molecule has 202 valence electrons. The van der Waals surface area contributed by atoms with Crippen molar-refractivity contribution in [3.8, 4) is 17.1 Å². The van der Waals surface area contributed by atoms with Gasteiger partial charge in [0.05, 0.1) is 48.0 Å². The molecule has 1 spiro atoms. The number of Topliss-reactive ketones (excluding diaryl/α,β-unsaturated/α-hetero) is 1. The van der Waals surface area contributed by atoms with Gasteiger partial charge in [-0.1, -0.05) is 25.1 Å². The number of carbonyl (C=O) groups excluding carboxylic acids is 2. The normalized spacial score (nSPS) is 20.9. The second-order valence-electron chi connectivity index (χ2n) is 10.6. The van der Waals surface area contributed by atoms with Crippen molar-refractivity contribution in [2.75, 3.05) is 33.4 Å². The lowest BCUT2D eigenvalue weighted by molar-refractivity contribution is -0.126. The Labute approximate surface area is 222 Å². The molecule has 1 amide bonds. The molecule has 1 aliphatic carbocycles. The maximum absolute atomic E-state index is 13.1. The van der Waals surface area contributed by atoms with Crippen LogP contribution in [0.3, 0.4) is 0 Å². The van der Waals surface area contributed by atoms with Crippen molar-refractivity contribution in [3.63, 3.8) is 0 Å². The van der Waals surface area contributed by atoms with E-state index in [2.05, 4.69) is 15.3 Å². The van der Waals surface area contributed by atoms with Gasteiger partial charge < -0.3 is 25.5 Å². The van der Waals surface area contributed by atoms with E-state index in [4.69, 9.17) is 20.2 Å². The molecule has 3 aromatic rings. The molecule has 1 aromatic carbocycles. The molecule has 1 aliphatic heterocycles. The number of primary amides is 1. The highest BCUT2D eigenvalue weighted by Gasteiger charge is 2.74. The van der Waals surface area contributed by atoms with E-state index in [9.17, 15) is 9.59 Å². The van der Waals surface area contributed by atoms with Crippen molar-refractivity contribution in [2.45, 2.75) is 51.4 Å². The van der Waals surface area contributed by atoms with Gasteiger partial charge in [-0.05, 0) is 56.3 Å². The molecule has 0 radical (unpaired) electrons. The lowest BCUT2D eigenvalue weighted by Crippen LogP contribution is -2.42. The number of imidazole rings is 1. The second-order valence-corrected chi connectivity index (χ2v) is 10.6. The van der Waals surface area contributed by atoms with E-state index in [1.807, 2.05) is 37.3 Å². The number of hydrogen-bond acceptors (Lipinski definition) is 7. The molecule has 2 fully saturated rings. The van der Waals surface area contributed by atoms with Crippen LogP contribution in [0.25, 0.3) is 22.2 Å². The summed E-state index contributed by atoms with van der Waals surface area (Å²) in [6, 6.07) is 9.91. The summed E-state index contributed by atoms with van der Waals surface area (Å²) < 4.78 is 11.7. The minimum Gasteiger partial charge on any atom is -0.480 e. The number of nitrogens with one attached hydrogen (secondary N) is 2. The smallest absolute Gasteiger partial charge is 0.225 e. The number of hydrogen-bond donors (Lipinski definition) is 3. The number of nitrogens with two attached hydrogens (primary N) is 1. The third-order valence-corrected chi connectivity index (χ3v) is 8.55. The van der Waals surface area contributed by atoms with E-state index in [1.165, 1.54) is 0 Å². The van der Waals surface area contributed by atoms with Crippen molar-refractivity contribution in [2.24, 2.45) is 16.6 Å². The molecule has 0 bridgehead atoms.